The van der Waals surface area contributed by atoms with Gasteiger partial charge in [0.2, 0.25) is 0 Å². The van der Waals surface area contributed by atoms with Crippen molar-refractivity contribution in [2.24, 2.45) is 0 Å². The van der Waals surface area contributed by atoms with Gasteiger partial charge in [0.25, 0.3) is 0 Å². The minimum Gasteiger partial charge on any atom is -0.257 e. The van der Waals surface area contributed by atoms with E-state index in [0.29, 0.717) is 0 Å². The van der Waals surface area contributed by atoms with E-state index in [4.69, 9.17) is 4.78 Å². The molecule has 1 atom stereocenters. The predicted molar refractivity (Wildman–Crippen MR) is 20.9 cm³/mol. The van der Waals surface area contributed by atoms with Crippen LogP contribution in [-0.4, -0.2) is 0 Å². The van der Waals surface area contributed by atoms with E-state index in [0.717, 1.165) is 0 Å². The van der Waals surface area contributed by atoms with Crippen molar-refractivity contribution in [3.05, 3.63) is 0 Å². The Labute approximate surface area is 27.9 Å². The molecule has 0 aliphatic carbocycles. The predicted octanol–water partition coefficient (Wildman–Crippen LogP) is 1.04. The molecule has 0 aliphatic rings. The maximum absolute atomic E-state index is 10.6. The molecule has 0 heterocycles. The zero-order valence-corrected chi connectivity index (χ0v) is 3.72. The van der Waals surface area contributed by atoms with Crippen LogP contribution in [0, 0.1) is 4.78 Å². The van der Waals surface area contributed by atoms with Crippen molar-refractivity contribution < 1.29 is 3.89 Å². The molecule has 4 heavy (non-hydrogen) atoms. The van der Waals surface area contributed by atoms with Crippen molar-refractivity contribution in [2.75, 3.05) is 0 Å². The Morgan fingerprint density at radius 3 is 2.00 bits per heavy atom. The third-order valence-corrected chi connectivity index (χ3v) is 0. The van der Waals surface area contributed by atoms with Gasteiger partial charge >= 0.3 is 0 Å². The zero-order chi connectivity index (χ0) is 3.58. The van der Waals surface area contributed by atoms with Crippen molar-refractivity contribution in [1.29, 1.82) is 4.78 Å². The topological polar surface area (TPSA) is 23.9 Å². The van der Waals surface area contributed by atoms with Gasteiger partial charge in [0.05, 0.1) is 0 Å². The summed E-state index contributed by atoms with van der Waals surface area (Å²) in [5, 5.41) is 0. The Morgan fingerprint density at radius 2 is 2.00 bits per heavy atom. The Kier molecular flexibility index (Phi) is 1.84. The lowest BCUT2D eigenvalue weighted by Gasteiger charge is -1.49. The molecule has 0 radical (unpaired) electrons. The molecule has 0 aromatic rings. The summed E-state index contributed by atoms with van der Waals surface area (Å²) < 4.78 is 16.5. The van der Waals surface area contributed by atoms with Gasteiger partial charge in [-0.3, -0.25) is 4.78 Å². The zero-order valence-electron chi connectivity index (χ0n) is 1.83. The molecule has 0 aliphatic heterocycles. The van der Waals surface area contributed by atoms with Gasteiger partial charge in [0, 0.05) is 10.3 Å². The van der Waals surface area contributed by atoms with Crippen LogP contribution in [0.5, 0.6) is 0 Å². The second-order valence-corrected chi connectivity index (χ2v) is 2.02. The van der Waals surface area contributed by atoms with Crippen molar-refractivity contribution >= 4 is 18.3 Å². The monoisotopic (exact) mass is 99.0 g/mol. The molecule has 0 amide bonds. The highest BCUT2D eigenvalue weighted by atomic mass is 32.5. The minimum atomic E-state index is -2.06. The normalized spacial score (nSPS) is 15.2. The van der Waals surface area contributed by atoms with Gasteiger partial charge in [-0.05, 0) is 0 Å². The van der Waals surface area contributed by atoms with Crippen molar-refractivity contribution in [3.63, 3.8) is 0 Å². The van der Waals surface area contributed by atoms with E-state index in [1.807, 2.05) is 0 Å². The molecule has 1 N–H and O–H groups in total. The van der Waals surface area contributed by atoms with Crippen LogP contribution in [0.3, 0.4) is 0 Å². The summed E-state index contributed by atoms with van der Waals surface area (Å²) in [6.07, 6.45) is 0. The van der Waals surface area contributed by atoms with E-state index in [9.17, 15) is 3.89 Å². The summed E-state index contributed by atoms with van der Waals surface area (Å²) in [5.74, 6) is 0. The van der Waals surface area contributed by atoms with Crippen LogP contribution in [0.15, 0.2) is 0 Å². The molecule has 0 saturated heterocycles. The fourth-order valence-electron chi connectivity index (χ4n) is 0. The van der Waals surface area contributed by atoms with E-state index in [2.05, 4.69) is 8.02 Å². The molecule has 0 rings (SSSR count). The van der Waals surface area contributed by atoms with Crippen LogP contribution in [-0.2, 0) is 10.3 Å². The first-order valence-electron chi connectivity index (χ1n) is 0.616. The molecule has 0 aromatic heterocycles. The minimum absolute atomic E-state index is 2.06. The molecule has 0 bridgehead atoms. The van der Waals surface area contributed by atoms with Gasteiger partial charge in [0.1, 0.15) is 0 Å². The lowest BCUT2D eigenvalue weighted by molar-refractivity contribution is 0.934. The van der Waals surface area contributed by atoms with Crippen molar-refractivity contribution in [3.8, 4) is 0 Å². The maximum Gasteiger partial charge on any atom is 0.0229 e. The fraction of sp³-hybridized carbons (Fsp3) is 0. The summed E-state index contributed by atoms with van der Waals surface area (Å²) in [7, 11) is 0.312. The Bertz CT molecular complexity index is 56.4. The van der Waals surface area contributed by atoms with Crippen LogP contribution in [0.4, 0.5) is 3.89 Å². The molecule has 0 spiro atoms. The molecule has 1 nitrogen and oxygen atoms in total. The molecular weight excluding hydrogens is 96.0 g/mol. The second kappa shape index (κ2) is 1.68. The largest absolute Gasteiger partial charge is 0.257 e. The van der Waals surface area contributed by atoms with Crippen LogP contribution >= 0.6 is 8.02 Å². The second-order valence-electron chi connectivity index (χ2n) is 0.281. The molecule has 4 heteroatoms. The molecule has 1 unspecified atom stereocenters. The van der Waals surface area contributed by atoms with E-state index >= 15 is 0 Å². The number of hydrogen-bond acceptors (Lipinski definition) is 1. The molecular formula is H3FNPS. The summed E-state index contributed by atoms with van der Waals surface area (Å²) in [5.41, 5.74) is 0. The van der Waals surface area contributed by atoms with Crippen molar-refractivity contribution in [1.82, 2.24) is 0 Å². The Morgan fingerprint density at radius 1 is 2.00 bits per heavy atom. The van der Waals surface area contributed by atoms with Crippen molar-refractivity contribution in [2.45, 2.75) is 0 Å². The smallest absolute Gasteiger partial charge is 0.0229 e. The number of hydrogen-bond donors (Lipinski definition) is 2. The standard InChI is InChI=1S/FH3NPS/c1-4(2)3/h2-4H. The highest BCUT2D eigenvalue weighted by Crippen LogP contribution is 1.69. The van der Waals surface area contributed by atoms with Gasteiger partial charge in [-0.15, -0.1) is 0 Å². The Balaban J connectivity index is 3.51. The highest BCUT2D eigenvalue weighted by Gasteiger charge is 1.35. The number of halogens is 1. The number of rotatable bonds is 0. The third-order valence-electron chi connectivity index (χ3n) is 0. The number of thiol groups is 1. The van der Waals surface area contributed by atoms with Crippen LogP contribution < -0.4 is 0 Å². The summed E-state index contributed by atoms with van der Waals surface area (Å²) in [6, 6.07) is 0. The molecule has 0 aromatic carbocycles. The lowest BCUT2D eigenvalue weighted by atomic mass is 14.0. The van der Waals surface area contributed by atoms with E-state index in [1.54, 1.807) is 0 Å². The Hall–Kier alpha value is 0.380. The average Bonchev–Trinajstić information content (AvgIpc) is 0.811. The number of nitrogens with one attached hydrogen (secondary N) is 1. The quantitative estimate of drug-likeness (QED) is 0.335. The SMILES string of the molecule is N=[SH](F)=P. The third kappa shape index (κ3) is 31.4. The summed E-state index contributed by atoms with van der Waals surface area (Å²) in [4.78, 5) is 0. The van der Waals surface area contributed by atoms with Crippen LogP contribution in [0.2, 0.25) is 0 Å². The average molecular weight is 99.1 g/mol. The fourth-order valence-corrected chi connectivity index (χ4v) is 0. The van der Waals surface area contributed by atoms with Gasteiger partial charge in [-0.25, -0.2) is 0 Å². The lowest BCUT2D eigenvalue weighted by Crippen LogP contribution is -1.23. The molecule has 0 saturated carbocycles. The van der Waals surface area contributed by atoms with Crippen LogP contribution in [0.25, 0.3) is 0 Å². The maximum atomic E-state index is 10.6. The first kappa shape index (κ1) is 4.38. The van der Waals surface area contributed by atoms with Crippen LogP contribution in [0.1, 0.15) is 0 Å². The van der Waals surface area contributed by atoms with E-state index in [-0.39, 0.29) is 0 Å². The summed E-state index contributed by atoms with van der Waals surface area (Å²) in [6.45, 7) is 0. The van der Waals surface area contributed by atoms with E-state index in [1.165, 1.54) is 0 Å². The first-order chi connectivity index (χ1) is 1.73. The van der Waals surface area contributed by atoms with E-state index < -0.39 is 10.3 Å². The first-order valence-corrected chi connectivity index (χ1v) is 3.19. The molecule has 26 valence electrons. The van der Waals surface area contributed by atoms with Gasteiger partial charge in [-0.1, -0.05) is 8.02 Å². The summed E-state index contributed by atoms with van der Waals surface area (Å²) >= 11 is 0. The van der Waals surface area contributed by atoms with Gasteiger partial charge in [0.15, 0.2) is 0 Å². The highest BCUT2D eigenvalue weighted by molar-refractivity contribution is 8.04. The molecule has 0 fully saturated rings. The van der Waals surface area contributed by atoms with Gasteiger partial charge in [-0.2, -0.15) is 3.89 Å². The van der Waals surface area contributed by atoms with Gasteiger partial charge < -0.3 is 0 Å².